The normalized spacial score (nSPS) is 12.8. The molecular formula is C17H19N7O2. The number of aromatic amines is 1. The maximum Gasteiger partial charge on any atom is 0.260 e. The minimum atomic E-state index is -0.104. The Hall–Kier alpha value is -3.23. The van der Waals surface area contributed by atoms with Gasteiger partial charge in [-0.05, 0) is 47.4 Å². The van der Waals surface area contributed by atoms with Crippen LogP contribution in [0.25, 0.3) is 5.69 Å². The quantitative estimate of drug-likeness (QED) is 0.707. The van der Waals surface area contributed by atoms with E-state index in [0.29, 0.717) is 12.3 Å². The Morgan fingerprint density at radius 1 is 1.38 bits per heavy atom. The second-order valence-electron chi connectivity index (χ2n) is 6.27. The van der Waals surface area contributed by atoms with Crippen molar-refractivity contribution >= 4 is 5.91 Å². The average Bonchev–Trinajstić information content (AvgIpc) is 3.39. The fourth-order valence-electron chi connectivity index (χ4n) is 3.08. The molecule has 0 radical (unpaired) electrons. The Kier molecular flexibility index (Phi) is 4.34. The highest BCUT2D eigenvalue weighted by Gasteiger charge is 2.20. The molecule has 1 aliphatic rings. The van der Waals surface area contributed by atoms with Crippen LogP contribution in [0.5, 0.6) is 5.75 Å². The molecule has 134 valence electrons. The topological polar surface area (TPSA) is 102 Å². The van der Waals surface area contributed by atoms with Crippen molar-refractivity contribution in [2.45, 2.75) is 25.8 Å². The SMILES string of the molecule is CN(Cc1n[nH]c2c1CCC2)C(=O)COc1cccc(-n2cnnn2)c1. The van der Waals surface area contributed by atoms with Gasteiger partial charge in [-0.1, -0.05) is 6.07 Å². The number of amides is 1. The molecule has 9 nitrogen and oxygen atoms in total. The lowest BCUT2D eigenvalue weighted by molar-refractivity contribution is -0.132. The summed E-state index contributed by atoms with van der Waals surface area (Å²) in [5, 5.41) is 18.5. The van der Waals surface area contributed by atoms with E-state index in [4.69, 9.17) is 4.74 Å². The molecule has 1 aromatic carbocycles. The average molecular weight is 353 g/mol. The summed E-state index contributed by atoms with van der Waals surface area (Å²) >= 11 is 0. The first kappa shape index (κ1) is 16.2. The molecule has 4 rings (SSSR count). The van der Waals surface area contributed by atoms with Crippen LogP contribution >= 0.6 is 0 Å². The zero-order valence-electron chi connectivity index (χ0n) is 14.4. The number of aryl methyl sites for hydroxylation is 1. The van der Waals surface area contributed by atoms with E-state index >= 15 is 0 Å². The minimum Gasteiger partial charge on any atom is -0.484 e. The maximum absolute atomic E-state index is 12.4. The lowest BCUT2D eigenvalue weighted by atomic mass is 10.2. The Bertz CT molecular complexity index is 904. The summed E-state index contributed by atoms with van der Waals surface area (Å²) in [6.45, 7) is 0.445. The summed E-state index contributed by atoms with van der Waals surface area (Å²) in [6, 6.07) is 7.26. The van der Waals surface area contributed by atoms with Gasteiger partial charge >= 0.3 is 0 Å². The van der Waals surface area contributed by atoms with E-state index in [1.165, 1.54) is 22.3 Å². The molecule has 1 amide bonds. The number of carbonyl (C=O) groups excluding carboxylic acids is 1. The zero-order chi connectivity index (χ0) is 17.9. The Morgan fingerprint density at radius 2 is 2.31 bits per heavy atom. The van der Waals surface area contributed by atoms with E-state index in [1.54, 1.807) is 24.1 Å². The number of nitrogens with one attached hydrogen (secondary N) is 1. The van der Waals surface area contributed by atoms with E-state index in [-0.39, 0.29) is 12.5 Å². The molecule has 3 aromatic rings. The highest BCUT2D eigenvalue weighted by molar-refractivity contribution is 5.77. The molecule has 0 atom stereocenters. The summed E-state index contributed by atoms with van der Waals surface area (Å²) in [7, 11) is 1.76. The van der Waals surface area contributed by atoms with Crippen molar-refractivity contribution in [3.8, 4) is 11.4 Å². The molecule has 0 spiro atoms. The van der Waals surface area contributed by atoms with E-state index in [1.807, 2.05) is 12.1 Å². The first-order valence-corrected chi connectivity index (χ1v) is 8.46. The lowest BCUT2D eigenvalue weighted by Crippen LogP contribution is -2.31. The van der Waals surface area contributed by atoms with Crippen LogP contribution in [0.4, 0.5) is 0 Å². The van der Waals surface area contributed by atoms with Crippen molar-refractivity contribution in [1.29, 1.82) is 0 Å². The number of rotatable bonds is 6. The number of ether oxygens (including phenoxy) is 1. The second kappa shape index (κ2) is 6.95. The fraction of sp³-hybridized carbons (Fsp3) is 0.353. The third kappa shape index (κ3) is 3.28. The second-order valence-corrected chi connectivity index (χ2v) is 6.27. The standard InChI is InChI=1S/C17H19N7O2/c1-23(9-16-14-6-3-7-15(14)19-20-16)17(25)10-26-13-5-2-4-12(8-13)24-11-18-21-22-24/h2,4-5,8,11H,3,6-7,9-10H2,1H3,(H,19,20). The smallest absolute Gasteiger partial charge is 0.260 e. The number of fused-ring (bicyclic) bond motifs is 1. The van der Waals surface area contributed by atoms with Gasteiger partial charge in [0.1, 0.15) is 12.1 Å². The van der Waals surface area contributed by atoms with Crippen LogP contribution in [0.3, 0.4) is 0 Å². The fourth-order valence-corrected chi connectivity index (χ4v) is 3.08. The van der Waals surface area contributed by atoms with Gasteiger partial charge in [0, 0.05) is 18.8 Å². The van der Waals surface area contributed by atoms with Gasteiger partial charge in [-0.2, -0.15) is 5.10 Å². The van der Waals surface area contributed by atoms with Gasteiger partial charge in [0.2, 0.25) is 0 Å². The first-order chi connectivity index (χ1) is 12.7. The molecule has 0 saturated heterocycles. The number of nitrogens with zero attached hydrogens (tertiary/aromatic N) is 6. The molecule has 0 saturated carbocycles. The molecule has 0 bridgehead atoms. The molecule has 0 fully saturated rings. The number of H-pyrrole nitrogens is 1. The van der Waals surface area contributed by atoms with E-state index in [9.17, 15) is 4.79 Å². The third-order valence-electron chi connectivity index (χ3n) is 4.50. The molecule has 2 aromatic heterocycles. The molecule has 2 heterocycles. The third-order valence-corrected chi connectivity index (χ3v) is 4.50. The van der Waals surface area contributed by atoms with Gasteiger partial charge < -0.3 is 9.64 Å². The van der Waals surface area contributed by atoms with Crippen molar-refractivity contribution in [2.75, 3.05) is 13.7 Å². The van der Waals surface area contributed by atoms with Gasteiger partial charge in [-0.25, -0.2) is 4.68 Å². The van der Waals surface area contributed by atoms with Crippen LogP contribution in [0.2, 0.25) is 0 Å². The summed E-state index contributed by atoms with van der Waals surface area (Å²) in [5.41, 5.74) is 4.19. The van der Waals surface area contributed by atoms with Crippen LogP contribution in [0, 0.1) is 0 Å². The first-order valence-electron chi connectivity index (χ1n) is 8.46. The number of likely N-dealkylation sites (N-methyl/N-ethyl adjacent to an activating group) is 1. The largest absolute Gasteiger partial charge is 0.484 e. The molecule has 0 aliphatic heterocycles. The van der Waals surface area contributed by atoms with Crippen molar-refractivity contribution in [3.05, 3.63) is 47.5 Å². The number of tetrazole rings is 1. The highest BCUT2D eigenvalue weighted by atomic mass is 16.5. The number of aromatic nitrogens is 6. The summed E-state index contributed by atoms with van der Waals surface area (Å²) in [5.74, 6) is 0.480. The minimum absolute atomic E-state index is 0.0395. The zero-order valence-corrected chi connectivity index (χ0v) is 14.4. The van der Waals surface area contributed by atoms with Gasteiger partial charge in [0.05, 0.1) is 17.9 Å². The van der Waals surface area contributed by atoms with Crippen LogP contribution < -0.4 is 4.74 Å². The number of benzene rings is 1. The van der Waals surface area contributed by atoms with Crippen LogP contribution in [-0.2, 0) is 24.2 Å². The summed E-state index contributed by atoms with van der Waals surface area (Å²) < 4.78 is 7.16. The summed E-state index contributed by atoms with van der Waals surface area (Å²) in [6.07, 6.45) is 4.72. The Morgan fingerprint density at radius 3 is 3.15 bits per heavy atom. The molecule has 0 unspecified atom stereocenters. The van der Waals surface area contributed by atoms with Gasteiger partial charge in [0.25, 0.3) is 5.91 Å². The number of carbonyl (C=O) groups is 1. The van der Waals surface area contributed by atoms with Crippen molar-refractivity contribution in [1.82, 2.24) is 35.3 Å². The molecule has 1 aliphatic carbocycles. The highest BCUT2D eigenvalue weighted by Crippen LogP contribution is 2.23. The summed E-state index contributed by atoms with van der Waals surface area (Å²) in [4.78, 5) is 14.0. The van der Waals surface area contributed by atoms with Crippen LogP contribution in [0.1, 0.15) is 23.4 Å². The van der Waals surface area contributed by atoms with Crippen LogP contribution in [0.15, 0.2) is 30.6 Å². The lowest BCUT2D eigenvalue weighted by Gasteiger charge is -2.17. The number of hydrogen-bond donors (Lipinski definition) is 1. The van der Waals surface area contributed by atoms with E-state index in [0.717, 1.165) is 30.6 Å². The van der Waals surface area contributed by atoms with Gasteiger partial charge in [0.15, 0.2) is 6.61 Å². The van der Waals surface area contributed by atoms with E-state index in [2.05, 4.69) is 25.7 Å². The predicted octanol–water partition coefficient (Wildman–Crippen LogP) is 0.911. The molecule has 1 N–H and O–H groups in total. The van der Waals surface area contributed by atoms with Gasteiger partial charge in [-0.3, -0.25) is 9.89 Å². The molecular weight excluding hydrogens is 334 g/mol. The predicted molar refractivity (Wildman–Crippen MR) is 91.7 cm³/mol. The van der Waals surface area contributed by atoms with Crippen molar-refractivity contribution in [2.24, 2.45) is 0 Å². The molecule has 26 heavy (non-hydrogen) atoms. The van der Waals surface area contributed by atoms with Crippen molar-refractivity contribution in [3.63, 3.8) is 0 Å². The van der Waals surface area contributed by atoms with E-state index < -0.39 is 0 Å². The monoisotopic (exact) mass is 353 g/mol. The Balaban J connectivity index is 1.35. The Labute approximate surface area is 150 Å². The number of hydrogen-bond acceptors (Lipinski definition) is 6. The van der Waals surface area contributed by atoms with Crippen molar-refractivity contribution < 1.29 is 9.53 Å². The van der Waals surface area contributed by atoms with Gasteiger partial charge in [-0.15, -0.1) is 5.10 Å². The maximum atomic E-state index is 12.4. The molecule has 9 heteroatoms. The van der Waals surface area contributed by atoms with Crippen LogP contribution in [-0.4, -0.2) is 54.9 Å².